The maximum atomic E-state index is 13.2. The molecule has 8 N–H and O–H groups in total. The predicted octanol–water partition coefficient (Wildman–Crippen LogP) is -0.975. The van der Waals surface area contributed by atoms with Crippen LogP contribution in [0.4, 0.5) is 5.82 Å². The van der Waals surface area contributed by atoms with Crippen molar-refractivity contribution in [1.29, 1.82) is 0 Å². The summed E-state index contributed by atoms with van der Waals surface area (Å²) >= 11 is 0. The Hall–Kier alpha value is -5.00. The van der Waals surface area contributed by atoms with Crippen LogP contribution in [0.25, 0.3) is 0 Å². The molecule has 5 heterocycles. The number of nitrogens with zero attached hydrogens (tertiary/aromatic N) is 4. The summed E-state index contributed by atoms with van der Waals surface area (Å²) in [5, 5.41) is 48.9. The van der Waals surface area contributed by atoms with Gasteiger partial charge in [0.25, 0.3) is 0 Å². The summed E-state index contributed by atoms with van der Waals surface area (Å²) in [4.78, 5) is 77.2. The number of carbonyl (C=O) groups is 5. The number of rotatable bonds is 12. The Morgan fingerprint density at radius 3 is 2.27 bits per heavy atom. The van der Waals surface area contributed by atoms with Crippen LogP contribution in [0, 0.1) is 5.92 Å². The summed E-state index contributed by atoms with van der Waals surface area (Å²) in [6.45, 7) is 5.98. The number of aromatic nitrogens is 2. The fourth-order valence-corrected chi connectivity index (χ4v) is 11.0. The number of aliphatic hydroxyl groups excluding tert-OH is 3. The molecular weight excluding hydrogens is 837 g/mol. The van der Waals surface area contributed by atoms with Crippen LogP contribution in [0.1, 0.15) is 78.0 Å². The maximum absolute atomic E-state index is 13.2. The van der Waals surface area contributed by atoms with Crippen LogP contribution in [-0.2, 0) is 49.7 Å². The summed E-state index contributed by atoms with van der Waals surface area (Å²) < 4.78 is 33.7. The zero-order chi connectivity index (χ0) is 45.8. The summed E-state index contributed by atoms with van der Waals surface area (Å²) in [5.74, 6) is -2.93. The van der Waals surface area contributed by atoms with Crippen LogP contribution >= 0.6 is 0 Å². The third-order valence-corrected chi connectivity index (χ3v) is 15.0. The van der Waals surface area contributed by atoms with Gasteiger partial charge in [0, 0.05) is 12.2 Å². The van der Waals surface area contributed by atoms with E-state index in [-0.39, 0.29) is 42.7 Å². The zero-order valence-corrected chi connectivity index (χ0v) is 35.7. The fraction of sp³-hybridized carbons (Fsp3) is 0.625. The Kier molecular flexibility index (Phi) is 15.2. The van der Waals surface area contributed by atoms with Gasteiger partial charge in [-0.3, -0.25) is 24.3 Å². The number of benzene rings is 1. The van der Waals surface area contributed by atoms with Crippen molar-refractivity contribution in [2.24, 2.45) is 5.92 Å². The Bertz CT molecular complexity index is 2140. The van der Waals surface area contributed by atoms with E-state index < -0.39 is 98.8 Å². The van der Waals surface area contributed by atoms with E-state index in [9.17, 15) is 52.5 Å². The Labute approximate surface area is 357 Å². The topological polar surface area (TPSA) is 319 Å². The number of ether oxygens (including phenoxy) is 2. The lowest BCUT2D eigenvalue weighted by molar-refractivity contribution is -0.157. The Morgan fingerprint density at radius 2 is 1.73 bits per heavy atom. The molecule has 0 bridgehead atoms. The summed E-state index contributed by atoms with van der Waals surface area (Å²) in [5.41, 5.74) is 5.73. The average Bonchev–Trinajstić information content (AvgIpc) is 3.93. The minimum atomic E-state index is -3.57. The number of carboxylic acids is 2. The highest BCUT2D eigenvalue weighted by Gasteiger charge is 2.68. The number of hydrogen-bond acceptors (Lipinski definition) is 16. The number of nitrogens with two attached hydrogens (primary N) is 1. The van der Waals surface area contributed by atoms with Crippen molar-refractivity contribution in [2.75, 3.05) is 18.9 Å². The first-order valence-electron chi connectivity index (χ1n) is 20.4. The highest BCUT2D eigenvalue weighted by molar-refractivity contribution is 7.93. The van der Waals surface area contributed by atoms with Gasteiger partial charge in [-0.15, -0.1) is 0 Å². The number of anilines is 1. The van der Waals surface area contributed by atoms with Gasteiger partial charge >= 0.3 is 23.6 Å². The van der Waals surface area contributed by atoms with Gasteiger partial charge in [0.05, 0.1) is 30.4 Å². The fourth-order valence-electron chi connectivity index (χ4n) is 8.85. The molecule has 7 rings (SSSR count). The largest absolute Gasteiger partial charge is 0.480 e. The molecule has 1 saturated carbocycles. The number of nitrogens with one attached hydrogen (secondary N) is 1. The van der Waals surface area contributed by atoms with Crippen LogP contribution in [0.3, 0.4) is 0 Å². The van der Waals surface area contributed by atoms with Crippen LogP contribution in [0.2, 0.25) is 0 Å². The van der Waals surface area contributed by atoms with Crippen molar-refractivity contribution in [2.45, 2.75) is 138 Å². The number of likely N-dealkylation sites (tertiary alicyclic amines) is 1. The predicted molar refractivity (Wildman–Crippen MR) is 217 cm³/mol. The lowest BCUT2D eigenvalue weighted by Crippen LogP contribution is -2.57. The first-order valence-corrected chi connectivity index (χ1v) is 22.0. The molecule has 1 aromatic heterocycles. The second kappa shape index (κ2) is 19.6. The zero-order valence-electron chi connectivity index (χ0n) is 34.8. The molecule has 5 aliphatic rings. The lowest BCUT2D eigenvalue weighted by atomic mass is 9.98. The first-order chi connectivity index (χ1) is 29.2. The number of aliphatic hydroxyl groups is 3. The molecular formula is C40H56N6O15S. The van der Waals surface area contributed by atoms with E-state index >= 15 is 0 Å². The van der Waals surface area contributed by atoms with E-state index in [4.69, 9.17) is 25.4 Å². The number of carbonyl (C=O) groups excluding carboxylic acids is 3. The summed E-state index contributed by atoms with van der Waals surface area (Å²) in [6.07, 6.45) is 1.18. The molecule has 0 unspecified atom stereocenters. The molecule has 62 heavy (non-hydrogen) atoms. The number of nitrogen functional groups attached to an aromatic ring is 1. The van der Waals surface area contributed by atoms with Crippen LogP contribution in [0.5, 0.6) is 0 Å². The SMILES string of the molecule is CC1(C)[C@H](C(=O)O)N2C(=O)C[C@H]2S1(=O)=O.CCOC(=O)[C@H](CCc1ccccc1)N[C@@H](C)C(=O)N1[C@H](C(=O)O)C[C@@H]2CCC[C@@H]21.Nc1ccn([C@@H]2O[C@H](CO)[C@@H](O)[C@@H]2O)c(=O)n1. The second-order valence-corrected chi connectivity index (χ2v) is 19.1. The van der Waals surface area contributed by atoms with Crippen LogP contribution in [-0.4, -0.2) is 155 Å². The highest BCUT2D eigenvalue weighted by Crippen LogP contribution is 2.46. The van der Waals surface area contributed by atoms with Crippen LogP contribution in [0.15, 0.2) is 47.4 Å². The van der Waals surface area contributed by atoms with Gasteiger partial charge in [-0.25, -0.2) is 22.8 Å². The van der Waals surface area contributed by atoms with E-state index in [0.717, 1.165) is 34.3 Å². The second-order valence-electron chi connectivity index (χ2n) is 16.4. The van der Waals surface area contributed by atoms with Gasteiger partial charge in [0.1, 0.15) is 47.6 Å². The van der Waals surface area contributed by atoms with E-state index in [1.807, 2.05) is 30.3 Å². The summed E-state index contributed by atoms with van der Waals surface area (Å²) in [6, 6.07) is 7.87. The molecule has 4 aliphatic heterocycles. The van der Waals surface area contributed by atoms with Gasteiger partial charge in [-0.05, 0) is 77.3 Å². The Balaban J connectivity index is 0.000000191. The number of fused-ring (bicyclic) bond motifs is 2. The lowest BCUT2D eigenvalue weighted by Gasteiger charge is -2.35. The average molecular weight is 893 g/mol. The maximum Gasteiger partial charge on any atom is 0.351 e. The van der Waals surface area contributed by atoms with Gasteiger partial charge in [0.2, 0.25) is 11.8 Å². The minimum Gasteiger partial charge on any atom is -0.480 e. The highest BCUT2D eigenvalue weighted by atomic mass is 32.2. The number of carboxylic acid groups (broad SMARTS) is 2. The van der Waals surface area contributed by atoms with E-state index in [2.05, 4.69) is 10.3 Å². The standard InChI is InChI=1S/C23H32N2O5.C9H13N3O5.C8H11NO5S/c1-3-30-23(29)18(13-12-16-8-5-4-6-9-16)24-15(2)21(26)25-19-11-7-10-17(19)14-20(25)22(27)28;10-5-1-2-12(9(16)11-5)8-7(15)6(14)4(3-13)17-8;1-8(2)6(7(11)12)9-4(10)3-5(9)15(8,13)14/h4-6,8-9,15,17-20,24H,3,7,10-14H2,1-2H3,(H,27,28);1-2,4,6-8,13-15H,3H2,(H2,10,11,16);5-6H,3H2,1-2H3,(H,11,12)/t15-,17-,18-,19-,20-;4-,6-,7+,8-;5-,6+/m011/s1. The van der Waals surface area contributed by atoms with E-state index in [0.29, 0.717) is 19.3 Å². The first kappa shape index (κ1) is 48.0. The third kappa shape index (κ3) is 9.64. The monoisotopic (exact) mass is 892 g/mol. The molecule has 2 aromatic rings. The van der Waals surface area contributed by atoms with E-state index in [1.54, 1.807) is 18.7 Å². The third-order valence-electron chi connectivity index (χ3n) is 12.2. The number of sulfone groups is 1. The van der Waals surface area contributed by atoms with Crippen molar-refractivity contribution in [3.8, 4) is 0 Å². The normalized spacial score (nSPS) is 29.7. The molecule has 21 nitrogen and oxygen atoms in total. The van der Waals surface area contributed by atoms with Gasteiger partial charge < -0.3 is 50.5 Å². The number of aliphatic carboxylic acids is 2. The van der Waals surface area contributed by atoms with Crippen molar-refractivity contribution in [3.63, 3.8) is 0 Å². The van der Waals surface area contributed by atoms with Crippen molar-refractivity contribution < 1.29 is 67.4 Å². The number of esters is 1. The quantitative estimate of drug-likeness (QED) is 0.0995. The number of aryl methyl sites for hydroxylation is 1. The smallest absolute Gasteiger partial charge is 0.351 e. The number of amides is 2. The van der Waals surface area contributed by atoms with Crippen molar-refractivity contribution in [3.05, 3.63) is 58.6 Å². The molecule has 2 amide bonds. The number of β-lactam (4-membered cyclic amide) rings is 1. The molecule has 1 aromatic carbocycles. The van der Waals surface area contributed by atoms with Gasteiger partial charge in [0.15, 0.2) is 16.1 Å². The van der Waals surface area contributed by atoms with Crippen molar-refractivity contribution >= 4 is 45.4 Å². The molecule has 5 fully saturated rings. The molecule has 22 heteroatoms. The summed E-state index contributed by atoms with van der Waals surface area (Å²) in [7, 11) is -3.57. The molecule has 342 valence electrons. The molecule has 1 aliphatic carbocycles. The minimum absolute atomic E-state index is 0.00629. The number of hydrogen-bond donors (Lipinski definition) is 7. The molecule has 0 radical (unpaired) electrons. The molecule has 0 spiro atoms. The van der Waals surface area contributed by atoms with Crippen molar-refractivity contribution in [1.82, 2.24) is 24.7 Å². The van der Waals surface area contributed by atoms with Crippen LogP contribution < -0.4 is 16.7 Å². The van der Waals surface area contributed by atoms with Gasteiger partial charge in [-0.1, -0.05) is 36.8 Å². The molecule has 4 saturated heterocycles. The molecule has 11 atom stereocenters. The Morgan fingerprint density at radius 1 is 1.05 bits per heavy atom. The van der Waals surface area contributed by atoms with E-state index in [1.165, 1.54) is 26.1 Å². The van der Waals surface area contributed by atoms with Gasteiger partial charge in [-0.2, -0.15) is 4.98 Å².